The normalized spacial score (nSPS) is 14.7. The average Bonchev–Trinajstić information content (AvgIpc) is 3.22. The van der Waals surface area contributed by atoms with Crippen LogP contribution < -0.4 is 4.31 Å². The number of benzene rings is 1. The van der Waals surface area contributed by atoms with Gasteiger partial charge < -0.3 is 14.2 Å². The molecule has 1 amide bonds. The molecular formula is C24H37N3O5SSi. The lowest BCUT2D eigenvalue weighted by atomic mass is 9.93. The highest BCUT2D eigenvalue weighted by Gasteiger charge is 2.31. The second-order valence-electron chi connectivity index (χ2n) is 11.1. The lowest BCUT2D eigenvalue weighted by Crippen LogP contribution is -2.36. The number of ether oxygens (including phenoxy) is 1. The number of aromatic nitrogens is 1. The van der Waals surface area contributed by atoms with Crippen molar-refractivity contribution in [3.8, 4) is 0 Å². The van der Waals surface area contributed by atoms with Crippen LogP contribution in [0.1, 0.15) is 44.6 Å². The molecule has 1 aromatic carbocycles. The maximum absolute atomic E-state index is 13.8. The van der Waals surface area contributed by atoms with Gasteiger partial charge in [-0.3, -0.25) is 4.79 Å². The SMILES string of the molecule is CC(=O)N1CCc2ccc(S(=O)(=O)N(COCC[Si](C)(C)C)c3cc(C(C)(C)C)on3)cc2C1. The van der Waals surface area contributed by atoms with E-state index in [2.05, 4.69) is 24.8 Å². The van der Waals surface area contributed by atoms with E-state index in [9.17, 15) is 13.2 Å². The Morgan fingerprint density at radius 1 is 1.21 bits per heavy atom. The number of carbonyl (C=O) groups is 1. The molecule has 10 heteroatoms. The van der Waals surface area contributed by atoms with Crippen molar-refractivity contribution in [2.45, 2.75) is 76.7 Å². The van der Waals surface area contributed by atoms with Gasteiger partial charge in [-0.05, 0) is 35.7 Å². The quantitative estimate of drug-likeness (QED) is 0.299. The molecule has 8 nitrogen and oxygen atoms in total. The van der Waals surface area contributed by atoms with Crippen LogP contribution in [0.15, 0.2) is 33.7 Å². The molecule has 0 unspecified atom stereocenters. The highest BCUT2D eigenvalue weighted by Crippen LogP contribution is 2.30. The molecule has 0 atom stereocenters. The summed E-state index contributed by atoms with van der Waals surface area (Å²) in [5.74, 6) is 0.766. The van der Waals surface area contributed by atoms with E-state index < -0.39 is 18.1 Å². The Labute approximate surface area is 204 Å². The largest absolute Gasteiger partial charge is 0.360 e. The van der Waals surface area contributed by atoms with E-state index in [1.54, 1.807) is 23.1 Å². The van der Waals surface area contributed by atoms with Gasteiger partial charge in [0.2, 0.25) is 5.91 Å². The molecule has 3 rings (SSSR count). The van der Waals surface area contributed by atoms with Crippen molar-refractivity contribution in [1.82, 2.24) is 10.1 Å². The molecule has 0 fully saturated rings. The van der Waals surface area contributed by atoms with E-state index in [-0.39, 0.29) is 28.8 Å². The van der Waals surface area contributed by atoms with Crippen molar-refractivity contribution in [2.75, 3.05) is 24.2 Å². The molecule has 0 saturated carbocycles. The zero-order valence-electron chi connectivity index (χ0n) is 21.3. The van der Waals surface area contributed by atoms with E-state index >= 15 is 0 Å². The highest BCUT2D eigenvalue weighted by molar-refractivity contribution is 7.92. The van der Waals surface area contributed by atoms with Gasteiger partial charge in [0.25, 0.3) is 10.0 Å². The lowest BCUT2D eigenvalue weighted by Gasteiger charge is -2.29. The van der Waals surface area contributed by atoms with Gasteiger partial charge in [0, 0.05) is 46.2 Å². The molecule has 2 aromatic rings. The Bertz CT molecular complexity index is 1130. The fourth-order valence-corrected chi connectivity index (χ4v) is 5.70. The molecule has 2 heterocycles. The number of rotatable bonds is 8. The van der Waals surface area contributed by atoms with Crippen molar-refractivity contribution in [3.63, 3.8) is 0 Å². The monoisotopic (exact) mass is 507 g/mol. The molecule has 0 aliphatic carbocycles. The predicted octanol–water partition coefficient (Wildman–Crippen LogP) is 4.38. The maximum atomic E-state index is 13.8. The predicted molar refractivity (Wildman–Crippen MR) is 135 cm³/mol. The van der Waals surface area contributed by atoms with Crippen LogP contribution in [-0.2, 0) is 37.9 Å². The summed E-state index contributed by atoms with van der Waals surface area (Å²) in [6, 6.07) is 7.71. The number of carbonyl (C=O) groups excluding carboxylic acids is 1. The van der Waals surface area contributed by atoms with E-state index in [1.807, 2.05) is 26.8 Å². The number of nitrogens with zero attached hydrogens (tertiary/aromatic N) is 3. The number of hydrogen-bond acceptors (Lipinski definition) is 6. The third-order valence-corrected chi connectivity index (χ3v) is 9.35. The minimum Gasteiger partial charge on any atom is -0.360 e. The molecule has 188 valence electrons. The van der Waals surface area contributed by atoms with Crippen LogP contribution in [0.25, 0.3) is 0 Å². The van der Waals surface area contributed by atoms with Gasteiger partial charge in [0.1, 0.15) is 12.5 Å². The summed E-state index contributed by atoms with van der Waals surface area (Å²) < 4.78 is 40.0. The fourth-order valence-electron chi connectivity index (χ4n) is 3.61. The number of fused-ring (bicyclic) bond motifs is 1. The molecule has 0 radical (unpaired) electrons. The molecule has 34 heavy (non-hydrogen) atoms. The highest BCUT2D eigenvalue weighted by atomic mass is 32.2. The minimum absolute atomic E-state index is 0.0198. The van der Waals surface area contributed by atoms with E-state index in [1.165, 1.54) is 11.2 Å². The Hall–Kier alpha value is -2.17. The third kappa shape index (κ3) is 6.28. The summed E-state index contributed by atoms with van der Waals surface area (Å²) in [7, 11) is -5.31. The smallest absolute Gasteiger partial charge is 0.267 e. The van der Waals surface area contributed by atoms with Crippen molar-refractivity contribution >= 4 is 29.8 Å². The van der Waals surface area contributed by atoms with Crippen molar-refractivity contribution in [2.24, 2.45) is 0 Å². The minimum atomic E-state index is -3.98. The van der Waals surface area contributed by atoms with Gasteiger partial charge in [0.05, 0.1) is 4.90 Å². The first-order chi connectivity index (χ1) is 15.7. The van der Waals surface area contributed by atoms with Gasteiger partial charge in [-0.1, -0.05) is 51.6 Å². The Morgan fingerprint density at radius 3 is 2.50 bits per heavy atom. The van der Waals surface area contributed by atoms with Crippen LogP contribution in [0.3, 0.4) is 0 Å². The fraction of sp³-hybridized carbons (Fsp3) is 0.583. The van der Waals surface area contributed by atoms with Gasteiger partial charge in [-0.15, -0.1) is 0 Å². The topological polar surface area (TPSA) is 93.0 Å². The number of sulfonamides is 1. The van der Waals surface area contributed by atoms with Crippen molar-refractivity contribution in [3.05, 3.63) is 41.2 Å². The zero-order valence-corrected chi connectivity index (χ0v) is 23.2. The van der Waals surface area contributed by atoms with E-state index in [0.29, 0.717) is 31.9 Å². The summed E-state index contributed by atoms with van der Waals surface area (Å²) in [5.41, 5.74) is 1.59. The summed E-state index contributed by atoms with van der Waals surface area (Å²) in [5, 5.41) is 4.07. The van der Waals surface area contributed by atoms with E-state index in [4.69, 9.17) is 9.26 Å². The molecule has 0 N–H and O–H groups in total. The second kappa shape index (κ2) is 9.83. The first-order valence-corrected chi connectivity index (χ1v) is 16.8. The second-order valence-corrected chi connectivity index (χ2v) is 18.6. The van der Waals surface area contributed by atoms with Gasteiger partial charge in [-0.2, -0.15) is 0 Å². The molecule has 0 saturated heterocycles. The first kappa shape index (κ1) is 26.4. The summed E-state index contributed by atoms with van der Waals surface area (Å²) in [4.78, 5) is 13.7. The standard InChI is InChI=1S/C24H37N3O5SSi/c1-18(28)26-11-10-19-8-9-21(14-20(19)16-26)33(29,30)27(17-31-12-13-34(5,6)7)23-15-22(32-25-23)24(2,3)4/h8-9,14-15H,10-13,16-17H2,1-7H3. The summed E-state index contributed by atoms with van der Waals surface area (Å²) in [6.45, 7) is 15.6. The average molecular weight is 508 g/mol. The molecule has 1 aliphatic heterocycles. The van der Waals surface area contributed by atoms with Crippen LogP contribution in [-0.4, -0.2) is 52.3 Å². The van der Waals surface area contributed by atoms with Crippen molar-refractivity contribution < 1.29 is 22.5 Å². The first-order valence-electron chi connectivity index (χ1n) is 11.6. The Kier molecular flexibility index (Phi) is 7.64. The summed E-state index contributed by atoms with van der Waals surface area (Å²) >= 11 is 0. The molecule has 0 spiro atoms. The molecule has 1 aliphatic rings. The summed E-state index contributed by atoms with van der Waals surface area (Å²) in [6.07, 6.45) is 0.705. The zero-order chi connectivity index (χ0) is 25.3. The van der Waals surface area contributed by atoms with Crippen LogP contribution in [0.4, 0.5) is 5.82 Å². The third-order valence-electron chi connectivity index (χ3n) is 5.92. The number of amides is 1. The number of anilines is 1. The van der Waals surface area contributed by atoms with Crippen LogP contribution in [0.5, 0.6) is 0 Å². The van der Waals surface area contributed by atoms with E-state index in [0.717, 1.165) is 17.2 Å². The molecule has 0 bridgehead atoms. The molecule has 1 aromatic heterocycles. The van der Waals surface area contributed by atoms with Crippen LogP contribution in [0, 0.1) is 0 Å². The Morgan fingerprint density at radius 2 is 1.91 bits per heavy atom. The lowest BCUT2D eigenvalue weighted by molar-refractivity contribution is -0.129. The van der Waals surface area contributed by atoms with Crippen LogP contribution in [0.2, 0.25) is 25.7 Å². The van der Waals surface area contributed by atoms with Gasteiger partial charge >= 0.3 is 0 Å². The number of hydrogen-bond donors (Lipinski definition) is 0. The van der Waals surface area contributed by atoms with Crippen LogP contribution >= 0.6 is 0 Å². The van der Waals surface area contributed by atoms with Gasteiger partial charge in [0.15, 0.2) is 5.82 Å². The Balaban J connectivity index is 1.93. The van der Waals surface area contributed by atoms with Crippen molar-refractivity contribution in [1.29, 1.82) is 0 Å². The maximum Gasteiger partial charge on any atom is 0.267 e. The van der Waals surface area contributed by atoms with Gasteiger partial charge in [-0.25, -0.2) is 12.7 Å². The molecular weight excluding hydrogens is 470 g/mol.